The van der Waals surface area contributed by atoms with E-state index in [1.54, 1.807) is 17.0 Å². The van der Waals surface area contributed by atoms with Crippen molar-refractivity contribution in [1.82, 2.24) is 14.3 Å². The monoisotopic (exact) mass is 166 g/mol. The summed E-state index contributed by atoms with van der Waals surface area (Å²) < 4.78 is 1.75. The molecule has 64 valence electrons. The third-order valence-corrected chi connectivity index (χ3v) is 1.61. The lowest BCUT2D eigenvalue weighted by molar-refractivity contribution is 0.0890. The molecule has 0 unspecified atom stereocenters. The first kappa shape index (κ1) is 7.02. The Morgan fingerprint density at radius 3 is 3.25 bits per heavy atom. The van der Waals surface area contributed by atoms with Gasteiger partial charge in [-0.2, -0.15) is 0 Å². The molecule has 5 nitrogen and oxygen atoms in total. The normalized spacial score (nSPS) is 10.8. The van der Waals surface area contributed by atoms with Crippen molar-refractivity contribution in [2.45, 2.75) is 6.92 Å². The molecule has 2 N–H and O–H groups in total. The van der Waals surface area contributed by atoms with E-state index in [-0.39, 0.29) is 0 Å². The summed E-state index contributed by atoms with van der Waals surface area (Å²) in [6.45, 7) is 2.48. The van der Waals surface area contributed by atoms with Crippen LogP contribution in [0, 0.1) is 0 Å². The second kappa shape index (κ2) is 2.44. The van der Waals surface area contributed by atoms with Crippen LogP contribution in [-0.4, -0.2) is 21.0 Å². The Kier molecular flexibility index (Phi) is 1.43. The van der Waals surface area contributed by atoms with Gasteiger partial charge in [0.05, 0.1) is 11.7 Å². The quantitative estimate of drug-likeness (QED) is 0.691. The zero-order valence-electron chi connectivity index (χ0n) is 6.77. The van der Waals surface area contributed by atoms with E-state index in [0.29, 0.717) is 12.4 Å². The lowest BCUT2D eigenvalue weighted by Crippen LogP contribution is -2.17. The molecule has 0 spiro atoms. The topological polar surface area (TPSA) is 57.5 Å². The smallest absolute Gasteiger partial charge is 0.162 e. The van der Waals surface area contributed by atoms with Crippen LogP contribution in [0.4, 0.5) is 5.82 Å². The molecule has 12 heavy (non-hydrogen) atoms. The molecular weight excluding hydrogens is 156 g/mol. The van der Waals surface area contributed by atoms with E-state index in [9.17, 15) is 0 Å². The van der Waals surface area contributed by atoms with Crippen LogP contribution in [0.3, 0.4) is 0 Å². The molecule has 2 heterocycles. The molecule has 0 radical (unpaired) electrons. The predicted octanol–water partition coefficient (Wildman–Crippen LogP) is 0.166. The number of fused-ring (bicyclic) bond motifs is 1. The number of nitrogens with two attached hydrogens (primary N) is 1. The molecule has 0 saturated carbocycles. The Hall–Kier alpha value is -1.65. The molecule has 0 fully saturated rings. The Bertz CT molecular complexity index is 389. The van der Waals surface area contributed by atoms with Crippen LogP contribution in [-0.2, 0) is 0 Å². The highest BCUT2D eigenvalue weighted by Crippen LogP contribution is 2.09. The molecule has 5 heteroatoms. The van der Waals surface area contributed by atoms with Gasteiger partial charge in [-0.05, 0) is 6.92 Å². The SMILES string of the molecule is CCOn1c(N)cc2cncn21. The first-order valence-electron chi connectivity index (χ1n) is 3.75. The molecule has 0 amide bonds. The van der Waals surface area contributed by atoms with Crippen LogP contribution in [0.2, 0.25) is 0 Å². The van der Waals surface area contributed by atoms with Gasteiger partial charge in [0.15, 0.2) is 5.82 Å². The van der Waals surface area contributed by atoms with Crippen molar-refractivity contribution >= 4 is 11.3 Å². The first-order chi connectivity index (χ1) is 5.83. The Labute approximate surface area is 69.3 Å². The van der Waals surface area contributed by atoms with E-state index in [1.807, 2.05) is 13.0 Å². The second-order valence-electron chi connectivity index (χ2n) is 2.42. The average molecular weight is 166 g/mol. The fourth-order valence-corrected chi connectivity index (χ4v) is 1.14. The average Bonchev–Trinajstić information content (AvgIpc) is 2.56. The van der Waals surface area contributed by atoms with Gasteiger partial charge in [0.25, 0.3) is 0 Å². The Morgan fingerprint density at radius 2 is 2.50 bits per heavy atom. The molecular formula is C7H10N4O. The number of nitrogen functional groups attached to an aromatic ring is 1. The minimum Gasteiger partial charge on any atom is -0.396 e. The molecule has 0 aliphatic carbocycles. The maximum absolute atomic E-state index is 5.67. The van der Waals surface area contributed by atoms with Crippen LogP contribution < -0.4 is 10.6 Å². The summed E-state index contributed by atoms with van der Waals surface area (Å²) in [6.07, 6.45) is 3.38. The molecule has 0 bridgehead atoms. The van der Waals surface area contributed by atoms with E-state index in [4.69, 9.17) is 10.6 Å². The van der Waals surface area contributed by atoms with Crippen molar-refractivity contribution in [3.8, 4) is 0 Å². The fourth-order valence-electron chi connectivity index (χ4n) is 1.14. The summed E-state index contributed by atoms with van der Waals surface area (Å²) in [4.78, 5) is 10.7. The van der Waals surface area contributed by atoms with Gasteiger partial charge in [-0.3, -0.25) is 0 Å². The summed E-state index contributed by atoms with van der Waals surface area (Å²) in [7, 11) is 0. The van der Waals surface area contributed by atoms with Gasteiger partial charge in [0.1, 0.15) is 12.9 Å². The number of hydrogen-bond acceptors (Lipinski definition) is 3. The number of anilines is 1. The highest BCUT2D eigenvalue weighted by Gasteiger charge is 2.04. The third-order valence-electron chi connectivity index (χ3n) is 1.61. The predicted molar refractivity (Wildman–Crippen MR) is 44.7 cm³/mol. The number of imidazole rings is 1. The fraction of sp³-hybridized carbons (Fsp3) is 0.286. The lowest BCUT2D eigenvalue weighted by Gasteiger charge is -2.05. The molecule has 0 aliphatic rings. The summed E-state index contributed by atoms with van der Waals surface area (Å²) in [5.74, 6) is 0.578. The standard InChI is InChI=1S/C7H10N4O/c1-2-12-11-7(8)3-6-4-9-5-10(6)11/h3-5H,2,8H2,1H3. The maximum atomic E-state index is 5.67. The van der Waals surface area contributed by atoms with Gasteiger partial charge in [-0.25, -0.2) is 9.50 Å². The summed E-state index contributed by atoms with van der Waals surface area (Å²) in [5.41, 5.74) is 6.60. The molecule has 0 atom stereocenters. The third kappa shape index (κ3) is 0.827. The van der Waals surface area contributed by atoms with Crippen LogP contribution >= 0.6 is 0 Å². The van der Waals surface area contributed by atoms with Crippen molar-refractivity contribution < 1.29 is 4.84 Å². The van der Waals surface area contributed by atoms with Gasteiger partial charge < -0.3 is 10.6 Å². The van der Waals surface area contributed by atoms with E-state index < -0.39 is 0 Å². The zero-order valence-corrected chi connectivity index (χ0v) is 6.77. The van der Waals surface area contributed by atoms with Gasteiger partial charge in [0, 0.05) is 6.07 Å². The zero-order chi connectivity index (χ0) is 8.55. The molecule has 2 rings (SSSR count). The van der Waals surface area contributed by atoms with Gasteiger partial charge >= 0.3 is 0 Å². The van der Waals surface area contributed by atoms with Gasteiger partial charge in [-0.15, -0.1) is 0 Å². The Balaban J connectivity index is 2.59. The van der Waals surface area contributed by atoms with Crippen molar-refractivity contribution in [3.63, 3.8) is 0 Å². The summed E-state index contributed by atoms with van der Waals surface area (Å²) in [6, 6.07) is 1.81. The molecule has 0 aliphatic heterocycles. The van der Waals surface area contributed by atoms with E-state index in [0.717, 1.165) is 5.52 Å². The number of rotatable bonds is 2. The van der Waals surface area contributed by atoms with Gasteiger partial charge in [0.2, 0.25) is 0 Å². The highest BCUT2D eigenvalue weighted by molar-refractivity contribution is 5.52. The van der Waals surface area contributed by atoms with Crippen LogP contribution in [0.15, 0.2) is 18.6 Å². The minimum absolute atomic E-state index is 0.576. The first-order valence-corrected chi connectivity index (χ1v) is 3.75. The van der Waals surface area contributed by atoms with E-state index >= 15 is 0 Å². The molecule has 0 saturated heterocycles. The summed E-state index contributed by atoms with van der Waals surface area (Å²) >= 11 is 0. The maximum Gasteiger partial charge on any atom is 0.162 e. The highest BCUT2D eigenvalue weighted by atomic mass is 16.7. The molecule has 2 aromatic heterocycles. The number of nitrogens with zero attached hydrogens (tertiary/aromatic N) is 3. The summed E-state index contributed by atoms with van der Waals surface area (Å²) in [5, 5.41) is 0. The largest absolute Gasteiger partial charge is 0.396 e. The molecule has 2 aromatic rings. The second-order valence-corrected chi connectivity index (χ2v) is 2.42. The Morgan fingerprint density at radius 1 is 1.67 bits per heavy atom. The van der Waals surface area contributed by atoms with Crippen molar-refractivity contribution in [1.29, 1.82) is 0 Å². The van der Waals surface area contributed by atoms with E-state index in [2.05, 4.69) is 4.98 Å². The van der Waals surface area contributed by atoms with Crippen molar-refractivity contribution in [3.05, 3.63) is 18.6 Å². The van der Waals surface area contributed by atoms with Crippen LogP contribution in [0.25, 0.3) is 5.52 Å². The van der Waals surface area contributed by atoms with Gasteiger partial charge in [-0.1, -0.05) is 4.85 Å². The minimum atomic E-state index is 0.576. The lowest BCUT2D eigenvalue weighted by atomic mass is 10.5. The molecule has 0 aromatic carbocycles. The van der Waals surface area contributed by atoms with Crippen LogP contribution in [0.5, 0.6) is 0 Å². The van der Waals surface area contributed by atoms with Crippen molar-refractivity contribution in [2.24, 2.45) is 0 Å². The van der Waals surface area contributed by atoms with Crippen LogP contribution in [0.1, 0.15) is 6.92 Å². The number of aromatic nitrogens is 3. The number of hydrogen-bond donors (Lipinski definition) is 1. The van der Waals surface area contributed by atoms with Crippen molar-refractivity contribution in [2.75, 3.05) is 12.3 Å². The van der Waals surface area contributed by atoms with E-state index in [1.165, 1.54) is 4.85 Å².